The van der Waals surface area contributed by atoms with Gasteiger partial charge in [0.15, 0.2) is 0 Å². The Morgan fingerprint density at radius 3 is 2.85 bits per heavy atom. The van der Waals surface area contributed by atoms with Crippen LogP contribution in [0.15, 0.2) is 35.1 Å². The van der Waals surface area contributed by atoms with Crippen molar-refractivity contribution in [1.82, 2.24) is 4.57 Å². The minimum absolute atomic E-state index is 0.0271. The molecule has 0 aliphatic rings. The number of aryl methyl sites for hydroxylation is 1. The van der Waals surface area contributed by atoms with E-state index in [-0.39, 0.29) is 5.56 Å². The van der Waals surface area contributed by atoms with E-state index in [2.05, 4.69) is 0 Å². The first-order valence-electron chi connectivity index (χ1n) is 4.13. The topological polar surface area (TPSA) is 22.0 Å². The minimum atomic E-state index is 0.0271. The van der Waals surface area contributed by atoms with Gasteiger partial charge in [-0.2, -0.15) is 0 Å². The lowest BCUT2D eigenvalue weighted by Crippen LogP contribution is -2.19. The summed E-state index contributed by atoms with van der Waals surface area (Å²) in [6.07, 6.45) is 3.72. The van der Waals surface area contributed by atoms with E-state index in [1.807, 2.05) is 25.1 Å². The zero-order chi connectivity index (χ0) is 9.68. The molecule has 2 nitrogen and oxygen atoms in total. The molecule has 0 unspecified atom stereocenters. The summed E-state index contributed by atoms with van der Waals surface area (Å²) in [5, 5.41) is 0. The molecule has 1 aromatic rings. The van der Waals surface area contributed by atoms with Crippen molar-refractivity contribution in [1.29, 1.82) is 0 Å². The molecule has 0 radical (unpaired) electrons. The lowest BCUT2D eigenvalue weighted by molar-refractivity contribution is 0.746. The SMILES string of the molecule is Cc1cccc(=O)n1CC=CCCl. The Labute approximate surface area is 82.5 Å². The molecule has 0 saturated heterocycles. The maximum absolute atomic E-state index is 11.3. The van der Waals surface area contributed by atoms with Gasteiger partial charge in [-0.3, -0.25) is 4.79 Å². The van der Waals surface area contributed by atoms with Gasteiger partial charge in [0, 0.05) is 24.2 Å². The van der Waals surface area contributed by atoms with E-state index in [0.717, 1.165) is 5.69 Å². The maximum atomic E-state index is 11.3. The third-order valence-electron chi connectivity index (χ3n) is 1.81. The van der Waals surface area contributed by atoms with Crippen molar-refractivity contribution in [3.05, 3.63) is 46.4 Å². The van der Waals surface area contributed by atoms with E-state index in [1.165, 1.54) is 0 Å². The predicted octanol–water partition coefficient (Wildman–Crippen LogP) is 1.95. The van der Waals surface area contributed by atoms with Gasteiger partial charge >= 0.3 is 0 Å². The van der Waals surface area contributed by atoms with Crippen molar-refractivity contribution in [2.24, 2.45) is 0 Å². The van der Waals surface area contributed by atoms with Crippen molar-refractivity contribution >= 4 is 11.6 Å². The number of allylic oxidation sites excluding steroid dienone is 2. The number of hydrogen-bond donors (Lipinski definition) is 0. The fourth-order valence-corrected chi connectivity index (χ4v) is 1.23. The van der Waals surface area contributed by atoms with Crippen molar-refractivity contribution in [2.45, 2.75) is 13.5 Å². The molecule has 0 N–H and O–H groups in total. The molecule has 0 amide bonds. The quantitative estimate of drug-likeness (QED) is 0.536. The van der Waals surface area contributed by atoms with Crippen molar-refractivity contribution in [3.8, 4) is 0 Å². The molecule has 70 valence electrons. The summed E-state index contributed by atoms with van der Waals surface area (Å²) < 4.78 is 1.70. The van der Waals surface area contributed by atoms with Crippen LogP contribution in [0.4, 0.5) is 0 Å². The van der Waals surface area contributed by atoms with Crippen LogP contribution in [0.1, 0.15) is 5.69 Å². The summed E-state index contributed by atoms with van der Waals surface area (Å²) in [4.78, 5) is 11.3. The van der Waals surface area contributed by atoms with E-state index in [0.29, 0.717) is 12.4 Å². The Kier molecular flexibility index (Phi) is 3.77. The number of rotatable bonds is 3. The molecule has 0 aliphatic carbocycles. The van der Waals surface area contributed by atoms with Crippen LogP contribution in [0.3, 0.4) is 0 Å². The average Bonchev–Trinajstić information content (AvgIpc) is 2.10. The first-order chi connectivity index (χ1) is 6.25. The molecule has 0 atom stereocenters. The number of alkyl halides is 1. The van der Waals surface area contributed by atoms with Gasteiger partial charge in [0.2, 0.25) is 0 Å². The van der Waals surface area contributed by atoms with Gasteiger partial charge in [-0.05, 0) is 13.0 Å². The Morgan fingerprint density at radius 1 is 1.46 bits per heavy atom. The third kappa shape index (κ3) is 2.74. The Morgan fingerprint density at radius 2 is 2.23 bits per heavy atom. The molecular formula is C10H12ClNO. The van der Waals surface area contributed by atoms with E-state index < -0.39 is 0 Å². The molecule has 0 aromatic carbocycles. The van der Waals surface area contributed by atoms with E-state index >= 15 is 0 Å². The molecule has 1 aromatic heterocycles. The molecule has 0 bridgehead atoms. The lowest BCUT2D eigenvalue weighted by atomic mass is 10.3. The summed E-state index contributed by atoms with van der Waals surface area (Å²) in [6, 6.07) is 5.23. The van der Waals surface area contributed by atoms with Crippen LogP contribution < -0.4 is 5.56 Å². The van der Waals surface area contributed by atoms with Crippen LogP contribution in [0.5, 0.6) is 0 Å². The molecule has 0 spiro atoms. The lowest BCUT2D eigenvalue weighted by Gasteiger charge is -2.04. The van der Waals surface area contributed by atoms with E-state index in [1.54, 1.807) is 16.7 Å². The second-order valence-corrected chi connectivity index (χ2v) is 3.05. The van der Waals surface area contributed by atoms with Gasteiger partial charge in [0.05, 0.1) is 0 Å². The van der Waals surface area contributed by atoms with Crippen molar-refractivity contribution < 1.29 is 0 Å². The van der Waals surface area contributed by atoms with Crippen LogP contribution in [0, 0.1) is 6.92 Å². The second-order valence-electron chi connectivity index (χ2n) is 2.74. The van der Waals surface area contributed by atoms with Crippen LogP contribution in [0.2, 0.25) is 0 Å². The number of nitrogens with zero attached hydrogens (tertiary/aromatic N) is 1. The van der Waals surface area contributed by atoms with Crippen LogP contribution in [0.25, 0.3) is 0 Å². The first kappa shape index (κ1) is 10.1. The number of hydrogen-bond acceptors (Lipinski definition) is 1. The summed E-state index contributed by atoms with van der Waals surface area (Å²) in [5.74, 6) is 0.487. The highest BCUT2D eigenvalue weighted by atomic mass is 35.5. The van der Waals surface area contributed by atoms with Crippen molar-refractivity contribution in [2.75, 3.05) is 5.88 Å². The van der Waals surface area contributed by atoms with Gasteiger partial charge in [0.25, 0.3) is 5.56 Å². The van der Waals surface area contributed by atoms with Gasteiger partial charge in [-0.15, -0.1) is 11.6 Å². The summed E-state index contributed by atoms with van der Waals surface area (Å²) in [6.45, 7) is 2.51. The van der Waals surface area contributed by atoms with E-state index in [4.69, 9.17) is 11.6 Å². The number of pyridine rings is 1. The Balaban J connectivity index is 2.87. The standard InChI is InChI=1S/C10H12ClNO/c1-9-5-4-6-10(13)12(9)8-3-2-7-11/h2-6H,7-8H2,1H3. The molecule has 0 fully saturated rings. The van der Waals surface area contributed by atoms with Gasteiger partial charge in [-0.25, -0.2) is 0 Å². The van der Waals surface area contributed by atoms with Gasteiger partial charge in [0.1, 0.15) is 0 Å². The third-order valence-corrected chi connectivity index (χ3v) is 1.99. The molecule has 1 heterocycles. The fourth-order valence-electron chi connectivity index (χ4n) is 1.10. The first-order valence-corrected chi connectivity index (χ1v) is 4.66. The van der Waals surface area contributed by atoms with Gasteiger partial charge < -0.3 is 4.57 Å². The minimum Gasteiger partial charge on any atom is -0.309 e. The average molecular weight is 198 g/mol. The van der Waals surface area contributed by atoms with Crippen molar-refractivity contribution in [3.63, 3.8) is 0 Å². The highest BCUT2D eigenvalue weighted by Gasteiger charge is 1.94. The van der Waals surface area contributed by atoms with Crippen LogP contribution in [-0.2, 0) is 6.54 Å². The Bertz CT molecular complexity index is 354. The largest absolute Gasteiger partial charge is 0.309 e. The molecule has 13 heavy (non-hydrogen) atoms. The Hall–Kier alpha value is -1.02. The molecular weight excluding hydrogens is 186 g/mol. The smallest absolute Gasteiger partial charge is 0.250 e. The highest BCUT2D eigenvalue weighted by molar-refractivity contribution is 6.18. The number of aromatic nitrogens is 1. The number of halogens is 1. The summed E-state index contributed by atoms with van der Waals surface area (Å²) >= 11 is 5.47. The fraction of sp³-hybridized carbons (Fsp3) is 0.300. The van der Waals surface area contributed by atoms with Crippen LogP contribution in [-0.4, -0.2) is 10.4 Å². The molecule has 1 rings (SSSR count). The van der Waals surface area contributed by atoms with E-state index in [9.17, 15) is 4.79 Å². The summed E-state index contributed by atoms with van der Waals surface area (Å²) in [5.41, 5.74) is 0.992. The normalized spacial score (nSPS) is 10.9. The zero-order valence-corrected chi connectivity index (χ0v) is 8.29. The van der Waals surface area contributed by atoms with Crippen LogP contribution >= 0.6 is 11.6 Å². The molecule has 0 aliphatic heterocycles. The van der Waals surface area contributed by atoms with Gasteiger partial charge in [-0.1, -0.05) is 18.2 Å². The molecule has 3 heteroatoms. The molecule has 0 saturated carbocycles. The maximum Gasteiger partial charge on any atom is 0.250 e. The zero-order valence-electron chi connectivity index (χ0n) is 7.53. The second kappa shape index (κ2) is 4.87. The predicted molar refractivity (Wildman–Crippen MR) is 55.3 cm³/mol. The summed E-state index contributed by atoms with van der Waals surface area (Å²) in [7, 11) is 0. The monoisotopic (exact) mass is 197 g/mol. The highest BCUT2D eigenvalue weighted by Crippen LogP contribution is 1.93.